The van der Waals surface area contributed by atoms with E-state index in [1.165, 1.54) is 23.0 Å². The van der Waals surface area contributed by atoms with Crippen molar-refractivity contribution in [3.8, 4) is 22.8 Å². The van der Waals surface area contributed by atoms with E-state index >= 15 is 0 Å². The zero-order valence-electron chi connectivity index (χ0n) is 22.6. The topological polar surface area (TPSA) is 119 Å². The highest BCUT2D eigenvalue weighted by molar-refractivity contribution is 7.07. The lowest BCUT2D eigenvalue weighted by molar-refractivity contribution is -0.139. The fraction of sp³-hybridized carbons (Fsp3) is 0.200. The summed E-state index contributed by atoms with van der Waals surface area (Å²) >= 11 is 7.33. The zero-order chi connectivity index (χ0) is 29.5. The van der Waals surface area contributed by atoms with E-state index in [-0.39, 0.29) is 35.1 Å². The van der Waals surface area contributed by atoms with Crippen LogP contribution in [0.15, 0.2) is 74.0 Å². The van der Waals surface area contributed by atoms with Crippen LogP contribution in [0.2, 0.25) is 5.02 Å². The van der Waals surface area contributed by atoms with Gasteiger partial charge in [0.05, 0.1) is 46.1 Å². The molecule has 0 amide bonds. The van der Waals surface area contributed by atoms with Gasteiger partial charge in [0.15, 0.2) is 16.3 Å². The van der Waals surface area contributed by atoms with Crippen LogP contribution in [0.3, 0.4) is 0 Å². The molecular weight excluding hydrogens is 584 g/mol. The molecule has 0 N–H and O–H groups in total. The number of esters is 2. The molecule has 0 unspecified atom stereocenters. The molecule has 6 rings (SSSR count). The van der Waals surface area contributed by atoms with Crippen LogP contribution in [-0.2, 0) is 14.3 Å². The van der Waals surface area contributed by atoms with Crippen LogP contribution in [-0.4, -0.2) is 37.0 Å². The monoisotopic (exact) mass is 606 g/mol. The van der Waals surface area contributed by atoms with Gasteiger partial charge in [-0.15, -0.1) is 0 Å². The second-order valence-electron chi connectivity index (χ2n) is 9.30. The van der Waals surface area contributed by atoms with Crippen LogP contribution in [0.1, 0.15) is 41.6 Å². The van der Waals surface area contributed by atoms with Crippen molar-refractivity contribution >= 4 is 41.0 Å². The molecule has 42 heavy (non-hydrogen) atoms. The fourth-order valence-electron chi connectivity index (χ4n) is 4.85. The van der Waals surface area contributed by atoms with Crippen molar-refractivity contribution in [2.45, 2.75) is 19.9 Å². The Balaban J connectivity index is 1.44. The summed E-state index contributed by atoms with van der Waals surface area (Å²) < 4.78 is 29.0. The van der Waals surface area contributed by atoms with Gasteiger partial charge in [-0.05, 0) is 61.9 Å². The summed E-state index contributed by atoms with van der Waals surface area (Å²) in [5.41, 5.74) is 1.83. The second kappa shape index (κ2) is 11.0. The third-order valence-corrected chi connectivity index (χ3v) is 8.10. The van der Waals surface area contributed by atoms with Crippen LogP contribution in [0, 0.1) is 0 Å². The van der Waals surface area contributed by atoms with E-state index in [9.17, 15) is 14.4 Å². The number of carbonyl (C=O) groups excluding carboxylic acids is 2. The number of thiazole rings is 1. The van der Waals surface area contributed by atoms with E-state index in [0.717, 1.165) is 0 Å². The van der Waals surface area contributed by atoms with E-state index < -0.39 is 18.0 Å². The van der Waals surface area contributed by atoms with Gasteiger partial charge in [-0.25, -0.2) is 14.6 Å². The Hall–Kier alpha value is -4.61. The zero-order valence-corrected chi connectivity index (χ0v) is 24.2. The van der Waals surface area contributed by atoms with E-state index in [2.05, 4.69) is 4.99 Å². The molecular formula is C30H23ClN2O8S. The van der Waals surface area contributed by atoms with Gasteiger partial charge >= 0.3 is 11.9 Å². The van der Waals surface area contributed by atoms with Crippen LogP contribution in [0.4, 0.5) is 0 Å². The SMILES string of the molecule is CCOC(=O)C1=C(C)N=c2s/c(=C\c3ccc(-c4ccc(Cl)c(C(=O)OC)c4)o3)c(=O)n2[C@H]1c1ccc2c(c1)OCO2. The number of ether oxygens (including phenoxy) is 4. The standard InChI is InChI=1S/C30H23ClN2O8S/c1-4-38-29(36)25-15(2)32-30-33(26(25)17-6-9-22-23(12-17)40-14-39-22)27(34)24(42-30)13-18-7-10-21(41-18)16-5-8-20(31)19(11-16)28(35)37-3/h5-13,26H,4,14H2,1-3H3/b24-13-/t26-/m0/s1. The average molecular weight is 607 g/mol. The molecule has 2 aromatic carbocycles. The Kier molecular flexibility index (Phi) is 7.21. The molecule has 0 radical (unpaired) electrons. The summed E-state index contributed by atoms with van der Waals surface area (Å²) in [6.45, 7) is 3.70. The summed E-state index contributed by atoms with van der Waals surface area (Å²) in [4.78, 5) is 44.1. The quantitative estimate of drug-likeness (QED) is 0.299. The molecule has 2 aliphatic rings. The predicted molar refractivity (Wildman–Crippen MR) is 153 cm³/mol. The highest BCUT2D eigenvalue weighted by Gasteiger charge is 2.34. The predicted octanol–water partition coefficient (Wildman–Crippen LogP) is 4.23. The van der Waals surface area contributed by atoms with Gasteiger partial charge in [-0.3, -0.25) is 9.36 Å². The smallest absolute Gasteiger partial charge is 0.339 e. The van der Waals surface area contributed by atoms with E-state index in [0.29, 0.717) is 49.2 Å². The second-order valence-corrected chi connectivity index (χ2v) is 10.7. The summed E-state index contributed by atoms with van der Waals surface area (Å²) in [5.74, 6) is 0.857. The van der Waals surface area contributed by atoms with Crippen molar-refractivity contribution in [2.75, 3.05) is 20.5 Å². The molecule has 1 atom stereocenters. The van der Waals surface area contributed by atoms with Crippen molar-refractivity contribution in [2.24, 2.45) is 4.99 Å². The van der Waals surface area contributed by atoms with Crippen LogP contribution >= 0.6 is 22.9 Å². The summed E-state index contributed by atoms with van der Waals surface area (Å²) in [5, 5.41) is 0.257. The lowest BCUT2D eigenvalue weighted by atomic mass is 9.95. The number of hydrogen-bond donors (Lipinski definition) is 0. The lowest BCUT2D eigenvalue weighted by Gasteiger charge is -2.24. The Morgan fingerprint density at radius 3 is 2.71 bits per heavy atom. The molecule has 0 fully saturated rings. The molecule has 214 valence electrons. The Labute approximate surface area is 247 Å². The fourth-order valence-corrected chi connectivity index (χ4v) is 6.07. The molecule has 10 nitrogen and oxygen atoms in total. The van der Waals surface area contributed by atoms with E-state index in [4.69, 9.17) is 35.0 Å². The maximum atomic E-state index is 13.9. The molecule has 0 bridgehead atoms. The minimum atomic E-state index is -0.796. The van der Waals surface area contributed by atoms with Gasteiger partial charge < -0.3 is 23.4 Å². The van der Waals surface area contributed by atoms with E-state index in [1.807, 2.05) is 0 Å². The first-order valence-corrected chi connectivity index (χ1v) is 14.1. The van der Waals surface area contributed by atoms with Gasteiger partial charge in [0.2, 0.25) is 6.79 Å². The molecule has 4 aromatic rings. The molecule has 4 heterocycles. The molecule has 0 aliphatic carbocycles. The third-order valence-electron chi connectivity index (χ3n) is 6.79. The molecule has 2 aliphatic heterocycles. The van der Waals surface area contributed by atoms with Gasteiger partial charge in [-0.2, -0.15) is 0 Å². The van der Waals surface area contributed by atoms with Gasteiger partial charge in [0.1, 0.15) is 11.5 Å². The number of nitrogens with zero attached hydrogens (tertiary/aromatic N) is 2. The van der Waals surface area contributed by atoms with Crippen molar-refractivity contribution in [1.29, 1.82) is 0 Å². The third kappa shape index (κ3) is 4.80. The summed E-state index contributed by atoms with van der Waals surface area (Å²) in [6, 6.07) is 12.8. The van der Waals surface area contributed by atoms with Gasteiger partial charge in [0.25, 0.3) is 5.56 Å². The molecule has 2 aromatic heterocycles. The minimum Gasteiger partial charge on any atom is -0.465 e. The number of fused-ring (bicyclic) bond motifs is 2. The molecule has 0 spiro atoms. The van der Waals surface area contributed by atoms with Crippen molar-refractivity contribution in [1.82, 2.24) is 4.57 Å². The van der Waals surface area contributed by atoms with Crippen molar-refractivity contribution < 1.29 is 33.0 Å². The minimum absolute atomic E-state index is 0.0896. The largest absolute Gasteiger partial charge is 0.465 e. The lowest BCUT2D eigenvalue weighted by Crippen LogP contribution is -2.39. The van der Waals surface area contributed by atoms with Crippen molar-refractivity contribution in [3.05, 3.63) is 101 Å². The van der Waals surface area contributed by atoms with Crippen LogP contribution in [0.5, 0.6) is 11.5 Å². The van der Waals surface area contributed by atoms with Crippen LogP contribution in [0.25, 0.3) is 17.4 Å². The Morgan fingerprint density at radius 1 is 1.12 bits per heavy atom. The number of methoxy groups -OCH3 is 1. The first-order valence-electron chi connectivity index (χ1n) is 12.9. The molecule has 12 heteroatoms. The number of hydrogen-bond acceptors (Lipinski definition) is 10. The number of aromatic nitrogens is 1. The van der Waals surface area contributed by atoms with E-state index in [1.54, 1.807) is 68.5 Å². The Morgan fingerprint density at radius 2 is 1.93 bits per heavy atom. The maximum Gasteiger partial charge on any atom is 0.339 e. The van der Waals surface area contributed by atoms with Gasteiger partial charge in [-0.1, -0.05) is 29.0 Å². The number of benzene rings is 2. The summed E-state index contributed by atoms with van der Waals surface area (Å²) in [6.07, 6.45) is 1.62. The number of rotatable bonds is 6. The molecule has 0 saturated heterocycles. The first-order chi connectivity index (χ1) is 20.3. The number of carbonyl (C=O) groups is 2. The normalized spacial score (nSPS) is 15.8. The average Bonchev–Trinajstić information content (AvgIpc) is 3.71. The maximum absolute atomic E-state index is 13.9. The number of allylic oxidation sites excluding steroid dienone is 1. The molecule has 0 saturated carbocycles. The number of halogens is 1. The Bertz CT molecular complexity index is 1970. The highest BCUT2D eigenvalue weighted by Crippen LogP contribution is 2.38. The highest BCUT2D eigenvalue weighted by atomic mass is 35.5. The first kappa shape index (κ1) is 27.6. The number of furan rings is 1. The van der Waals surface area contributed by atoms with Crippen LogP contribution < -0.4 is 24.4 Å². The van der Waals surface area contributed by atoms with Gasteiger partial charge in [0, 0.05) is 11.6 Å². The van der Waals surface area contributed by atoms with Crippen molar-refractivity contribution in [3.63, 3.8) is 0 Å². The summed E-state index contributed by atoms with van der Waals surface area (Å²) in [7, 11) is 1.28.